The smallest absolute Gasteiger partial charge is 0.324 e. The van der Waals surface area contributed by atoms with Crippen molar-refractivity contribution in [1.82, 2.24) is 0 Å². The Balaban J connectivity index is 0.000000980. The lowest BCUT2D eigenvalue weighted by molar-refractivity contribution is 0.241. The molecule has 6 nitrogen and oxygen atoms in total. The molecule has 0 saturated carbocycles. The lowest BCUT2D eigenvalue weighted by Crippen LogP contribution is -2.27. The van der Waals surface area contributed by atoms with Gasteiger partial charge in [0, 0.05) is 4.57 Å². The van der Waals surface area contributed by atoms with E-state index in [1.54, 1.807) is 0 Å². The molecular weight excluding hydrogens is 326 g/mol. The van der Waals surface area contributed by atoms with Crippen molar-refractivity contribution in [3.05, 3.63) is 11.1 Å². The third-order valence-corrected chi connectivity index (χ3v) is 5.07. The van der Waals surface area contributed by atoms with Gasteiger partial charge in [-0.2, -0.15) is 0 Å². The molecule has 0 aromatic rings. The molecule has 130 valence electrons. The number of allylic oxidation sites excluding steroid dienone is 2. The Hall–Kier alpha value is -0.0900. The molecule has 2 atom stereocenters. The highest BCUT2D eigenvalue weighted by molar-refractivity contribution is 7.52. The van der Waals surface area contributed by atoms with Gasteiger partial charge in [0.25, 0.3) is 0 Å². The lowest BCUT2D eigenvalue weighted by Gasteiger charge is -2.37. The van der Waals surface area contributed by atoms with Crippen LogP contribution >= 0.6 is 15.9 Å². The van der Waals surface area contributed by atoms with Gasteiger partial charge in [-0.1, -0.05) is 38.8 Å². The Kier molecular flexibility index (Phi) is 9.88. The van der Waals surface area contributed by atoms with Crippen LogP contribution in [0.2, 0.25) is 0 Å². The molecule has 1 rings (SSSR count). The predicted octanol–water partition coefficient (Wildman–Crippen LogP) is 3.59. The Bertz CT molecular complexity index is 437. The van der Waals surface area contributed by atoms with Gasteiger partial charge in [-0.05, 0) is 43.4 Å². The fraction of sp³-hybridized carbons (Fsp3) is 0.857. The average Bonchev–Trinajstić information content (AvgIpc) is 2.35. The summed E-state index contributed by atoms with van der Waals surface area (Å²) >= 11 is 0. The number of hydrogen-bond acceptors (Lipinski definition) is 2. The normalized spacial score (nSPS) is 22.4. The fourth-order valence-corrected chi connectivity index (χ4v) is 4.37. The minimum absolute atomic E-state index is 0.0303. The summed E-state index contributed by atoms with van der Waals surface area (Å²) in [6, 6.07) is 0. The molecule has 0 aliphatic heterocycles. The van der Waals surface area contributed by atoms with Crippen molar-refractivity contribution in [3.63, 3.8) is 0 Å². The van der Waals surface area contributed by atoms with E-state index in [2.05, 4.69) is 27.7 Å². The topological polar surface area (TPSA) is 115 Å². The van der Waals surface area contributed by atoms with Crippen molar-refractivity contribution in [1.29, 1.82) is 0 Å². The van der Waals surface area contributed by atoms with Gasteiger partial charge in [0.2, 0.25) is 0 Å². The van der Waals surface area contributed by atoms with Crippen molar-refractivity contribution >= 4 is 15.9 Å². The molecular formula is C14H29O6P2+. The molecule has 22 heavy (non-hydrogen) atoms. The standard InChI is InChI=1S/C14H27O3P.HO3P/c1-5-12-11(9-18(15,16)17)7-8-14(10(3)4)13(12)6-2;1-4(2)3/h10,13-14H,5-9H2,1-4H3,(H2,15,16,17);(H-,1,2,3)/p+1. The minimum Gasteiger partial charge on any atom is -0.324 e. The highest BCUT2D eigenvalue weighted by Crippen LogP contribution is 2.46. The zero-order chi connectivity index (χ0) is 17.5. The monoisotopic (exact) mass is 355 g/mol. The summed E-state index contributed by atoms with van der Waals surface area (Å²) < 4.78 is 19.9. The molecule has 0 spiro atoms. The zero-order valence-corrected chi connectivity index (χ0v) is 15.6. The largest absolute Gasteiger partial charge is 0.692 e. The molecule has 0 aromatic carbocycles. The first-order chi connectivity index (χ1) is 10.0. The van der Waals surface area contributed by atoms with E-state index in [0.717, 1.165) is 31.3 Å². The van der Waals surface area contributed by atoms with Gasteiger partial charge in [0.15, 0.2) is 0 Å². The zero-order valence-electron chi connectivity index (χ0n) is 13.8. The summed E-state index contributed by atoms with van der Waals surface area (Å²) in [7, 11) is -6.79. The van der Waals surface area contributed by atoms with E-state index in [-0.39, 0.29) is 6.16 Å². The number of hydrogen-bond donors (Lipinski definition) is 4. The molecule has 2 unspecified atom stereocenters. The summed E-state index contributed by atoms with van der Waals surface area (Å²) in [5, 5.41) is 0. The van der Waals surface area contributed by atoms with Crippen LogP contribution in [-0.2, 0) is 9.13 Å². The molecule has 4 N–H and O–H groups in total. The van der Waals surface area contributed by atoms with Crippen LogP contribution in [0.5, 0.6) is 0 Å². The van der Waals surface area contributed by atoms with E-state index in [9.17, 15) is 14.4 Å². The molecule has 0 saturated heterocycles. The quantitative estimate of drug-likeness (QED) is 0.442. The Morgan fingerprint density at radius 3 is 2.09 bits per heavy atom. The van der Waals surface area contributed by atoms with Gasteiger partial charge >= 0.3 is 15.9 Å². The first-order valence-electron chi connectivity index (χ1n) is 7.63. The predicted molar refractivity (Wildman–Crippen MR) is 87.6 cm³/mol. The third kappa shape index (κ3) is 7.96. The molecule has 0 amide bonds. The van der Waals surface area contributed by atoms with E-state index < -0.39 is 15.9 Å². The summed E-state index contributed by atoms with van der Waals surface area (Å²) in [5.41, 5.74) is 2.36. The van der Waals surface area contributed by atoms with Crippen LogP contribution in [0.1, 0.15) is 53.4 Å². The van der Waals surface area contributed by atoms with Crippen LogP contribution < -0.4 is 0 Å². The average molecular weight is 355 g/mol. The summed E-state index contributed by atoms with van der Waals surface area (Å²) in [5.74, 6) is 1.84. The van der Waals surface area contributed by atoms with Crippen LogP contribution in [0, 0.1) is 17.8 Å². The minimum atomic E-state index is -3.92. The molecule has 0 aromatic heterocycles. The summed E-state index contributed by atoms with van der Waals surface area (Å²) in [6.45, 7) is 8.82. The maximum atomic E-state index is 11.2. The van der Waals surface area contributed by atoms with Gasteiger partial charge in [0.1, 0.15) is 0 Å². The number of rotatable bonds is 5. The molecule has 8 heteroatoms. The Morgan fingerprint density at radius 2 is 1.77 bits per heavy atom. The Labute approximate surface area is 133 Å². The van der Waals surface area contributed by atoms with Gasteiger partial charge < -0.3 is 9.79 Å². The van der Waals surface area contributed by atoms with Gasteiger partial charge in [-0.15, -0.1) is 9.79 Å². The van der Waals surface area contributed by atoms with E-state index in [1.807, 2.05) is 0 Å². The second kappa shape index (κ2) is 9.92. The van der Waals surface area contributed by atoms with Crippen LogP contribution in [-0.4, -0.2) is 25.7 Å². The molecule has 1 aliphatic rings. The van der Waals surface area contributed by atoms with Gasteiger partial charge in [0.05, 0.1) is 6.16 Å². The maximum absolute atomic E-state index is 11.2. The van der Waals surface area contributed by atoms with Gasteiger partial charge in [-0.3, -0.25) is 4.57 Å². The molecule has 0 fully saturated rings. The fourth-order valence-electron chi connectivity index (χ4n) is 3.51. The van der Waals surface area contributed by atoms with E-state index in [4.69, 9.17) is 14.4 Å². The highest BCUT2D eigenvalue weighted by atomic mass is 31.2. The summed E-state index contributed by atoms with van der Waals surface area (Å²) in [4.78, 5) is 32.6. The van der Waals surface area contributed by atoms with Gasteiger partial charge in [-0.25, -0.2) is 0 Å². The maximum Gasteiger partial charge on any atom is 0.692 e. The van der Waals surface area contributed by atoms with Crippen molar-refractivity contribution in [2.45, 2.75) is 53.4 Å². The van der Waals surface area contributed by atoms with Crippen LogP contribution in [0.25, 0.3) is 0 Å². The van der Waals surface area contributed by atoms with Crippen molar-refractivity contribution < 1.29 is 28.7 Å². The lowest BCUT2D eigenvalue weighted by atomic mass is 9.69. The van der Waals surface area contributed by atoms with Crippen LogP contribution in [0.15, 0.2) is 11.1 Å². The first kappa shape index (κ1) is 21.9. The van der Waals surface area contributed by atoms with E-state index >= 15 is 0 Å². The molecule has 1 aliphatic carbocycles. The van der Waals surface area contributed by atoms with E-state index in [0.29, 0.717) is 17.8 Å². The second-order valence-corrected chi connectivity index (χ2v) is 8.17. The van der Waals surface area contributed by atoms with E-state index in [1.165, 1.54) is 5.57 Å². The summed E-state index contributed by atoms with van der Waals surface area (Å²) in [6.07, 6.45) is 3.92. The van der Waals surface area contributed by atoms with Crippen LogP contribution in [0.4, 0.5) is 0 Å². The Morgan fingerprint density at radius 1 is 1.27 bits per heavy atom. The van der Waals surface area contributed by atoms with Crippen molar-refractivity contribution in [3.8, 4) is 0 Å². The second-order valence-electron chi connectivity index (χ2n) is 6.02. The molecule has 0 radical (unpaired) electrons. The third-order valence-electron chi connectivity index (χ3n) is 4.27. The van der Waals surface area contributed by atoms with Crippen molar-refractivity contribution in [2.75, 3.05) is 6.16 Å². The SMILES string of the molecule is CCC1=C(CP(=O)(O)O)CCC(C(C)C)C1CC.O=[P+](O)O. The first-order valence-corrected chi connectivity index (χ1v) is 10.6. The van der Waals surface area contributed by atoms with Crippen LogP contribution in [0.3, 0.4) is 0 Å². The highest BCUT2D eigenvalue weighted by Gasteiger charge is 2.33. The van der Waals surface area contributed by atoms with Crippen molar-refractivity contribution in [2.24, 2.45) is 17.8 Å². The molecule has 0 bridgehead atoms. The molecule has 0 heterocycles.